The van der Waals surface area contributed by atoms with Crippen molar-refractivity contribution in [1.29, 1.82) is 0 Å². The molecule has 100 valence electrons. The molecule has 0 spiro atoms. The van der Waals surface area contributed by atoms with E-state index in [1.165, 1.54) is 12.5 Å². The van der Waals surface area contributed by atoms with Gasteiger partial charge in [0.1, 0.15) is 4.90 Å². The molecule has 1 heterocycles. The maximum absolute atomic E-state index is 11.6. The number of hydrogen-bond donors (Lipinski definition) is 2. The molecule has 0 amide bonds. The summed E-state index contributed by atoms with van der Waals surface area (Å²) in [5, 5.41) is 5.26. The Bertz CT molecular complexity index is 542. The van der Waals surface area contributed by atoms with Gasteiger partial charge in [-0.3, -0.25) is 0 Å². The van der Waals surface area contributed by atoms with E-state index in [1.807, 2.05) is 0 Å². The summed E-state index contributed by atoms with van der Waals surface area (Å²) < 4.78 is 23.3. The lowest BCUT2D eigenvalue weighted by Gasteiger charge is -2.33. The van der Waals surface area contributed by atoms with Crippen LogP contribution in [-0.4, -0.2) is 21.5 Å². The Kier molecular flexibility index (Phi) is 3.49. The number of rotatable bonds is 2. The van der Waals surface area contributed by atoms with Crippen LogP contribution in [0.25, 0.3) is 0 Å². The molecular formula is C12H19N3O2S. The van der Waals surface area contributed by atoms with Crippen molar-refractivity contribution in [2.24, 2.45) is 11.1 Å². The SMILES string of the molecule is CC1CCCN(c2ccc(N)cc2S(N)(=O)=O)C1. The minimum Gasteiger partial charge on any atom is -0.399 e. The van der Waals surface area contributed by atoms with Gasteiger partial charge in [0.2, 0.25) is 10.0 Å². The number of benzene rings is 1. The molecule has 1 saturated heterocycles. The average molecular weight is 269 g/mol. The molecule has 1 aliphatic rings. The van der Waals surface area contributed by atoms with Crippen LogP contribution >= 0.6 is 0 Å². The van der Waals surface area contributed by atoms with E-state index in [0.29, 0.717) is 17.3 Å². The van der Waals surface area contributed by atoms with Gasteiger partial charge in [-0.2, -0.15) is 0 Å². The quantitative estimate of drug-likeness (QED) is 0.788. The normalized spacial score (nSPS) is 21.0. The van der Waals surface area contributed by atoms with Crippen molar-refractivity contribution in [2.45, 2.75) is 24.7 Å². The van der Waals surface area contributed by atoms with Crippen molar-refractivity contribution >= 4 is 21.4 Å². The molecule has 1 aromatic rings. The first-order valence-corrected chi connectivity index (χ1v) is 7.60. The first-order chi connectivity index (χ1) is 8.38. The third kappa shape index (κ3) is 2.76. The number of nitrogen functional groups attached to an aromatic ring is 1. The van der Waals surface area contributed by atoms with Gasteiger partial charge >= 0.3 is 0 Å². The number of nitrogens with zero attached hydrogens (tertiary/aromatic N) is 1. The molecule has 0 aromatic heterocycles. The van der Waals surface area contributed by atoms with E-state index < -0.39 is 10.0 Å². The fourth-order valence-corrected chi connectivity index (χ4v) is 3.22. The van der Waals surface area contributed by atoms with Gasteiger partial charge in [-0.15, -0.1) is 0 Å². The Morgan fingerprint density at radius 1 is 1.39 bits per heavy atom. The molecule has 0 aliphatic carbocycles. The van der Waals surface area contributed by atoms with Crippen molar-refractivity contribution in [1.82, 2.24) is 0 Å². The summed E-state index contributed by atoms with van der Waals surface area (Å²) in [6, 6.07) is 4.89. The third-order valence-corrected chi connectivity index (χ3v) is 4.23. The number of sulfonamides is 1. The highest BCUT2D eigenvalue weighted by Crippen LogP contribution is 2.30. The lowest BCUT2D eigenvalue weighted by Crippen LogP contribution is -2.35. The second kappa shape index (κ2) is 4.78. The number of hydrogen-bond acceptors (Lipinski definition) is 4. The van der Waals surface area contributed by atoms with Gasteiger partial charge in [-0.1, -0.05) is 6.92 Å². The van der Waals surface area contributed by atoms with E-state index in [9.17, 15) is 8.42 Å². The molecule has 0 radical (unpaired) electrons. The summed E-state index contributed by atoms with van der Waals surface area (Å²) in [6.45, 7) is 3.88. The van der Waals surface area contributed by atoms with Gasteiger partial charge < -0.3 is 10.6 Å². The highest BCUT2D eigenvalue weighted by Gasteiger charge is 2.22. The standard InChI is InChI=1S/C12H19N3O2S/c1-9-3-2-6-15(8-9)11-5-4-10(13)7-12(11)18(14,16)17/h4-5,7,9H,2-3,6,8,13H2,1H3,(H2,14,16,17). The summed E-state index contributed by atoms with van der Waals surface area (Å²) in [5.74, 6) is 0.560. The Morgan fingerprint density at radius 3 is 2.72 bits per heavy atom. The first kappa shape index (κ1) is 13.2. The van der Waals surface area contributed by atoms with Crippen molar-refractivity contribution in [3.05, 3.63) is 18.2 Å². The van der Waals surface area contributed by atoms with Crippen LogP contribution in [0.3, 0.4) is 0 Å². The summed E-state index contributed by atoms with van der Waals surface area (Å²) in [5.41, 5.74) is 6.72. The van der Waals surface area contributed by atoms with Gasteiger partial charge in [0.05, 0.1) is 5.69 Å². The van der Waals surface area contributed by atoms with Crippen LogP contribution in [0.5, 0.6) is 0 Å². The van der Waals surface area contributed by atoms with Gasteiger partial charge in [-0.25, -0.2) is 13.6 Å². The molecule has 1 unspecified atom stereocenters. The fourth-order valence-electron chi connectivity index (χ4n) is 2.43. The Hall–Kier alpha value is -1.27. The number of nitrogens with two attached hydrogens (primary N) is 2. The number of anilines is 2. The third-order valence-electron chi connectivity index (χ3n) is 3.29. The molecule has 18 heavy (non-hydrogen) atoms. The van der Waals surface area contributed by atoms with Crippen LogP contribution in [0.1, 0.15) is 19.8 Å². The van der Waals surface area contributed by atoms with Crippen LogP contribution in [0.15, 0.2) is 23.1 Å². The van der Waals surface area contributed by atoms with Crippen LogP contribution in [-0.2, 0) is 10.0 Å². The van der Waals surface area contributed by atoms with E-state index in [1.54, 1.807) is 12.1 Å². The fraction of sp³-hybridized carbons (Fsp3) is 0.500. The van der Waals surface area contributed by atoms with E-state index in [-0.39, 0.29) is 4.90 Å². The zero-order valence-corrected chi connectivity index (χ0v) is 11.3. The van der Waals surface area contributed by atoms with Gasteiger partial charge in [0.25, 0.3) is 0 Å². The predicted octanol–water partition coefficient (Wildman–Crippen LogP) is 1.15. The van der Waals surface area contributed by atoms with Crippen molar-refractivity contribution in [3.63, 3.8) is 0 Å². The van der Waals surface area contributed by atoms with E-state index in [0.717, 1.165) is 19.5 Å². The lowest BCUT2D eigenvalue weighted by atomic mass is 10.00. The molecule has 1 aromatic carbocycles. The van der Waals surface area contributed by atoms with Crippen molar-refractivity contribution in [2.75, 3.05) is 23.7 Å². The summed E-state index contributed by atoms with van der Waals surface area (Å²) >= 11 is 0. The summed E-state index contributed by atoms with van der Waals surface area (Å²) in [7, 11) is -3.74. The highest BCUT2D eigenvalue weighted by molar-refractivity contribution is 7.89. The molecule has 0 saturated carbocycles. The van der Waals surface area contributed by atoms with Crippen LogP contribution < -0.4 is 15.8 Å². The monoisotopic (exact) mass is 269 g/mol. The topological polar surface area (TPSA) is 89.4 Å². The molecule has 2 rings (SSSR count). The number of piperidine rings is 1. The zero-order chi connectivity index (χ0) is 13.3. The maximum Gasteiger partial charge on any atom is 0.240 e. The minimum atomic E-state index is -3.74. The first-order valence-electron chi connectivity index (χ1n) is 6.05. The molecule has 1 aliphatic heterocycles. The summed E-state index contributed by atoms with van der Waals surface area (Å²) in [6.07, 6.45) is 2.24. The van der Waals surface area contributed by atoms with Gasteiger partial charge in [0.15, 0.2) is 0 Å². The molecule has 1 atom stereocenters. The molecule has 1 fully saturated rings. The minimum absolute atomic E-state index is 0.122. The predicted molar refractivity (Wildman–Crippen MR) is 72.8 cm³/mol. The summed E-state index contributed by atoms with van der Waals surface area (Å²) in [4.78, 5) is 2.20. The lowest BCUT2D eigenvalue weighted by molar-refractivity contribution is 0.445. The van der Waals surface area contributed by atoms with Crippen molar-refractivity contribution < 1.29 is 8.42 Å². The van der Waals surface area contributed by atoms with Gasteiger partial charge in [0, 0.05) is 18.8 Å². The Labute approximate surface area is 108 Å². The van der Waals surface area contributed by atoms with Gasteiger partial charge in [-0.05, 0) is 37.0 Å². The van der Waals surface area contributed by atoms with Crippen LogP contribution in [0.4, 0.5) is 11.4 Å². The Morgan fingerprint density at radius 2 is 2.11 bits per heavy atom. The molecule has 6 heteroatoms. The van der Waals surface area contributed by atoms with E-state index in [2.05, 4.69) is 11.8 Å². The second-order valence-electron chi connectivity index (χ2n) is 4.97. The maximum atomic E-state index is 11.6. The second-order valence-corrected chi connectivity index (χ2v) is 6.50. The van der Waals surface area contributed by atoms with E-state index >= 15 is 0 Å². The van der Waals surface area contributed by atoms with Crippen molar-refractivity contribution in [3.8, 4) is 0 Å². The molecule has 5 nitrogen and oxygen atoms in total. The van der Waals surface area contributed by atoms with Crippen LogP contribution in [0.2, 0.25) is 0 Å². The zero-order valence-electron chi connectivity index (χ0n) is 10.5. The molecule has 4 N–H and O–H groups in total. The van der Waals surface area contributed by atoms with Crippen LogP contribution in [0, 0.1) is 5.92 Å². The average Bonchev–Trinajstić information content (AvgIpc) is 2.27. The number of primary sulfonamides is 1. The largest absolute Gasteiger partial charge is 0.399 e. The van der Waals surface area contributed by atoms with E-state index in [4.69, 9.17) is 10.9 Å². The Balaban J connectivity index is 2.44. The molecule has 0 bridgehead atoms. The highest BCUT2D eigenvalue weighted by atomic mass is 32.2. The smallest absolute Gasteiger partial charge is 0.240 e. The molecular weight excluding hydrogens is 250 g/mol.